The average molecular weight is 143 g/mol. The first-order valence-electron chi connectivity index (χ1n) is 4.24. The van der Waals surface area contributed by atoms with E-state index < -0.39 is 0 Å². The van der Waals surface area contributed by atoms with E-state index in [0.717, 1.165) is 24.3 Å². The molecule has 0 heterocycles. The first-order valence-corrected chi connectivity index (χ1v) is 4.24. The molecule has 0 aliphatic carbocycles. The maximum absolute atomic E-state index is 3.23. The van der Waals surface area contributed by atoms with Gasteiger partial charge in [-0.15, -0.1) is 0 Å². The van der Waals surface area contributed by atoms with Crippen LogP contribution in [-0.2, 0) is 0 Å². The lowest BCUT2D eigenvalue weighted by Crippen LogP contribution is -2.27. The minimum absolute atomic E-state index is 0.799. The summed E-state index contributed by atoms with van der Waals surface area (Å²) < 4.78 is 0. The van der Waals surface area contributed by atoms with Crippen molar-refractivity contribution in [1.29, 1.82) is 0 Å². The van der Waals surface area contributed by atoms with Crippen LogP contribution in [0.1, 0.15) is 27.7 Å². The van der Waals surface area contributed by atoms with Crippen LogP contribution in [0, 0.1) is 17.8 Å². The van der Waals surface area contributed by atoms with Crippen LogP contribution in [0.2, 0.25) is 0 Å². The van der Waals surface area contributed by atoms with Crippen LogP contribution in [0.3, 0.4) is 0 Å². The van der Waals surface area contributed by atoms with E-state index in [1.165, 1.54) is 0 Å². The van der Waals surface area contributed by atoms with Gasteiger partial charge < -0.3 is 5.32 Å². The third-order valence-corrected chi connectivity index (χ3v) is 2.15. The Morgan fingerprint density at radius 1 is 1.00 bits per heavy atom. The Bertz CT molecular complexity index is 68.8. The van der Waals surface area contributed by atoms with Gasteiger partial charge in [-0.3, -0.25) is 0 Å². The number of rotatable bonds is 4. The fraction of sp³-hybridized carbons (Fsp3) is 1.00. The lowest BCUT2D eigenvalue weighted by molar-refractivity contribution is 0.282. The van der Waals surface area contributed by atoms with Crippen LogP contribution in [-0.4, -0.2) is 13.6 Å². The molecular formula is C9H21N. The van der Waals surface area contributed by atoms with Gasteiger partial charge in [0.15, 0.2) is 0 Å². The van der Waals surface area contributed by atoms with Gasteiger partial charge in [-0.05, 0) is 31.3 Å². The summed E-state index contributed by atoms with van der Waals surface area (Å²) in [5.41, 5.74) is 0. The SMILES string of the molecule is CNCC(C(C)C)C(C)C. The number of hydrogen-bond acceptors (Lipinski definition) is 1. The Labute approximate surface area is 65.2 Å². The van der Waals surface area contributed by atoms with Crippen molar-refractivity contribution in [3.05, 3.63) is 0 Å². The van der Waals surface area contributed by atoms with E-state index in [4.69, 9.17) is 0 Å². The standard InChI is InChI=1S/C9H21N/c1-7(2)9(6-10-5)8(3)4/h7-10H,6H2,1-5H3. The molecule has 62 valence electrons. The molecule has 0 rings (SSSR count). The highest BCUT2D eigenvalue weighted by Crippen LogP contribution is 2.18. The smallest absolute Gasteiger partial charge is 0.00186 e. The molecule has 0 aliphatic heterocycles. The molecule has 10 heavy (non-hydrogen) atoms. The minimum Gasteiger partial charge on any atom is -0.319 e. The Morgan fingerprint density at radius 2 is 1.40 bits per heavy atom. The summed E-state index contributed by atoms with van der Waals surface area (Å²) in [5, 5.41) is 3.23. The van der Waals surface area contributed by atoms with Crippen LogP contribution >= 0.6 is 0 Å². The molecule has 0 aromatic rings. The van der Waals surface area contributed by atoms with Gasteiger partial charge in [-0.25, -0.2) is 0 Å². The molecule has 0 aliphatic rings. The summed E-state index contributed by atoms with van der Waals surface area (Å²) in [4.78, 5) is 0. The second-order valence-electron chi connectivity index (χ2n) is 3.71. The molecule has 0 spiro atoms. The van der Waals surface area contributed by atoms with E-state index in [9.17, 15) is 0 Å². The molecule has 0 radical (unpaired) electrons. The topological polar surface area (TPSA) is 12.0 Å². The molecular weight excluding hydrogens is 122 g/mol. The summed E-state index contributed by atoms with van der Waals surface area (Å²) in [7, 11) is 2.03. The maximum Gasteiger partial charge on any atom is -0.00186 e. The second kappa shape index (κ2) is 4.73. The molecule has 0 unspecified atom stereocenters. The van der Waals surface area contributed by atoms with E-state index in [1.807, 2.05) is 7.05 Å². The van der Waals surface area contributed by atoms with Gasteiger partial charge in [0.25, 0.3) is 0 Å². The molecule has 0 fully saturated rings. The van der Waals surface area contributed by atoms with Crippen LogP contribution in [0.5, 0.6) is 0 Å². The predicted molar refractivity (Wildman–Crippen MR) is 47.1 cm³/mol. The number of hydrogen-bond donors (Lipinski definition) is 1. The fourth-order valence-corrected chi connectivity index (χ4v) is 1.48. The predicted octanol–water partition coefficient (Wildman–Crippen LogP) is 2.13. The van der Waals surface area contributed by atoms with Gasteiger partial charge in [0.2, 0.25) is 0 Å². The van der Waals surface area contributed by atoms with Crippen molar-refractivity contribution in [2.24, 2.45) is 17.8 Å². The highest BCUT2D eigenvalue weighted by Gasteiger charge is 2.15. The van der Waals surface area contributed by atoms with Crippen molar-refractivity contribution in [3.63, 3.8) is 0 Å². The number of nitrogens with one attached hydrogen (secondary N) is 1. The molecule has 0 amide bonds. The fourth-order valence-electron chi connectivity index (χ4n) is 1.48. The molecule has 0 aromatic carbocycles. The van der Waals surface area contributed by atoms with E-state index >= 15 is 0 Å². The third-order valence-electron chi connectivity index (χ3n) is 2.15. The zero-order valence-electron chi connectivity index (χ0n) is 7.94. The van der Waals surface area contributed by atoms with E-state index in [2.05, 4.69) is 33.0 Å². The van der Waals surface area contributed by atoms with Crippen molar-refractivity contribution in [2.75, 3.05) is 13.6 Å². The third kappa shape index (κ3) is 3.21. The Morgan fingerprint density at radius 3 is 1.50 bits per heavy atom. The first-order chi connectivity index (χ1) is 4.59. The average Bonchev–Trinajstić information content (AvgIpc) is 1.81. The summed E-state index contributed by atoms with van der Waals surface area (Å²) >= 11 is 0. The molecule has 1 N–H and O–H groups in total. The maximum atomic E-state index is 3.23. The van der Waals surface area contributed by atoms with Crippen molar-refractivity contribution < 1.29 is 0 Å². The second-order valence-corrected chi connectivity index (χ2v) is 3.71. The van der Waals surface area contributed by atoms with E-state index in [1.54, 1.807) is 0 Å². The zero-order chi connectivity index (χ0) is 8.15. The van der Waals surface area contributed by atoms with Gasteiger partial charge >= 0.3 is 0 Å². The Hall–Kier alpha value is -0.0400. The summed E-state index contributed by atoms with van der Waals surface area (Å²) in [6.07, 6.45) is 0. The van der Waals surface area contributed by atoms with Gasteiger partial charge in [0.1, 0.15) is 0 Å². The van der Waals surface area contributed by atoms with Gasteiger partial charge in [0.05, 0.1) is 0 Å². The minimum atomic E-state index is 0.799. The lowest BCUT2D eigenvalue weighted by atomic mass is 9.86. The largest absolute Gasteiger partial charge is 0.319 e. The zero-order valence-corrected chi connectivity index (χ0v) is 7.94. The van der Waals surface area contributed by atoms with Gasteiger partial charge in [-0.1, -0.05) is 27.7 Å². The molecule has 0 saturated heterocycles. The van der Waals surface area contributed by atoms with Crippen molar-refractivity contribution in [2.45, 2.75) is 27.7 Å². The van der Waals surface area contributed by atoms with Gasteiger partial charge in [0, 0.05) is 0 Å². The Kier molecular flexibility index (Phi) is 4.71. The van der Waals surface area contributed by atoms with Gasteiger partial charge in [-0.2, -0.15) is 0 Å². The van der Waals surface area contributed by atoms with Crippen molar-refractivity contribution in [3.8, 4) is 0 Å². The Balaban J connectivity index is 3.73. The molecule has 1 nitrogen and oxygen atoms in total. The van der Waals surface area contributed by atoms with Crippen LogP contribution in [0.15, 0.2) is 0 Å². The summed E-state index contributed by atoms with van der Waals surface area (Å²) in [5.74, 6) is 2.42. The molecule has 0 saturated carbocycles. The molecule has 1 heteroatoms. The molecule has 0 aromatic heterocycles. The van der Waals surface area contributed by atoms with Crippen LogP contribution in [0.4, 0.5) is 0 Å². The summed E-state index contributed by atoms with van der Waals surface area (Å²) in [6.45, 7) is 10.3. The highest BCUT2D eigenvalue weighted by molar-refractivity contribution is 4.67. The summed E-state index contributed by atoms with van der Waals surface area (Å²) in [6, 6.07) is 0. The van der Waals surface area contributed by atoms with E-state index in [0.29, 0.717) is 0 Å². The quantitative estimate of drug-likeness (QED) is 0.635. The van der Waals surface area contributed by atoms with E-state index in [-0.39, 0.29) is 0 Å². The molecule has 0 atom stereocenters. The first kappa shape index (κ1) is 9.96. The molecule has 0 bridgehead atoms. The monoisotopic (exact) mass is 143 g/mol. The van der Waals surface area contributed by atoms with Crippen molar-refractivity contribution >= 4 is 0 Å². The van der Waals surface area contributed by atoms with Crippen molar-refractivity contribution in [1.82, 2.24) is 5.32 Å². The van der Waals surface area contributed by atoms with Crippen LogP contribution < -0.4 is 5.32 Å². The normalized spacial score (nSPS) is 12.0. The highest BCUT2D eigenvalue weighted by atomic mass is 14.8. The van der Waals surface area contributed by atoms with Crippen LogP contribution in [0.25, 0.3) is 0 Å². The lowest BCUT2D eigenvalue weighted by Gasteiger charge is -2.24.